The van der Waals surface area contributed by atoms with Crippen LogP contribution in [0, 0.1) is 0 Å². The highest BCUT2D eigenvalue weighted by Gasteiger charge is 2.54. The number of phenols is 1. The Morgan fingerprint density at radius 2 is 1.38 bits per heavy atom. The van der Waals surface area contributed by atoms with Crippen LogP contribution in [0.2, 0.25) is 0 Å². The molecule has 266 valence electrons. The summed E-state index contributed by atoms with van der Waals surface area (Å²) in [6, 6.07) is 5.47. The van der Waals surface area contributed by atoms with Gasteiger partial charge >= 0.3 is 11.6 Å². The largest absolute Gasteiger partial charge is 0.870 e. The lowest BCUT2D eigenvalue weighted by atomic mass is 9.68. The number of aliphatic hydroxyl groups excluding tert-OH is 1. The van der Waals surface area contributed by atoms with Gasteiger partial charge in [0.2, 0.25) is 0 Å². The number of phenolic OH excluding ortho intramolecular Hbond substituents is 1. The van der Waals surface area contributed by atoms with Crippen LogP contribution in [0.5, 0.6) is 5.75 Å². The first-order valence-electron chi connectivity index (χ1n) is 16.7. The molecule has 1 fully saturated rings. The molecule has 47 heavy (non-hydrogen) atoms. The van der Waals surface area contributed by atoms with Crippen molar-refractivity contribution in [2.45, 2.75) is 103 Å². The van der Waals surface area contributed by atoms with Crippen molar-refractivity contribution in [3.63, 3.8) is 0 Å². The smallest absolute Gasteiger partial charge is 0.349 e. The number of anilines is 1. The van der Waals surface area contributed by atoms with Gasteiger partial charge in [0.1, 0.15) is 17.8 Å². The number of benzene rings is 1. The zero-order valence-electron chi connectivity index (χ0n) is 28.2. The van der Waals surface area contributed by atoms with Crippen molar-refractivity contribution >= 4 is 27.4 Å². The highest BCUT2D eigenvalue weighted by molar-refractivity contribution is 7.85. The minimum absolute atomic E-state index is 0. The quantitative estimate of drug-likeness (QED) is 0.0669. The van der Waals surface area contributed by atoms with Crippen LogP contribution in [-0.4, -0.2) is 98.2 Å². The predicted octanol–water partition coefficient (Wildman–Crippen LogP) is 5.68. The fourth-order valence-electron chi connectivity index (χ4n) is 6.18. The van der Waals surface area contributed by atoms with Crippen LogP contribution in [0.25, 0.3) is 0 Å². The summed E-state index contributed by atoms with van der Waals surface area (Å²) >= 11 is 0. The molecule has 3 rings (SSSR count). The topological polar surface area (TPSA) is 204 Å². The number of allylic oxidation sites excluding steroid dienone is 4. The molecule has 0 saturated heterocycles. The van der Waals surface area contributed by atoms with Crippen LogP contribution in [0.4, 0.5) is 5.69 Å². The first-order chi connectivity index (χ1) is 21.5. The van der Waals surface area contributed by atoms with Crippen molar-refractivity contribution in [1.29, 1.82) is 0 Å². The molecule has 2 atom stereocenters. The van der Waals surface area contributed by atoms with E-state index in [1.54, 1.807) is 24.3 Å². The summed E-state index contributed by atoms with van der Waals surface area (Å²) in [5.41, 5.74) is 2.52. The van der Waals surface area contributed by atoms with Gasteiger partial charge in [0.05, 0.1) is 23.0 Å². The molecule has 0 spiro atoms. The molecule has 12 heteroatoms. The van der Waals surface area contributed by atoms with Gasteiger partial charge in [0, 0.05) is 49.2 Å². The van der Waals surface area contributed by atoms with Crippen molar-refractivity contribution in [2.24, 2.45) is 0 Å². The van der Waals surface area contributed by atoms with Gasteiger partial charge in [-0.1, -0.05) is 71.3 Å². The molecule has 1 saturated carbocycles. The van der Waals surface area contributed by atoms with Gasteiger partial charge in [-0.25, -0.2) is 0 Å². The van der Waals surface area contributed by atoms with Gasteiger partial charge in [0.15, 0.2) is 0 Å². The first kappa shape index (κ1) is 42.0. The van der Waals surface area contributed by atoms with E-state index in [1.165, 1.54) is 57.4 Å². The summed E-state index contributed by atoms with van der Waals surface area (Å²) < 4.78 is 31.1. The molecule has 1 aromatic rings. The third kappa shape index (κ3) is 11.9. The summed E-state index contributed by atoms with van der Waals surface area (Å²) in [6.07, 6.45) is 15.9. The van der Waals surface area contributed by atoms with Crippen LogP contribution in [0.3, 0.4) is 0 Å². The minimum Gasteiger partial charge on any atom is -0.870 e. The van der Waals surface area contributed by atoms with E-state index in [0.29, 0.717) is 29.9 Å². The Bertz CT molecular complexity index is 1360. The van der Waals surface area contributed by atoms with E-state index in [9.17, 15) is 28.2 Å². The van der Waals surface area contributed by atoms with Crippen LogP contribution in [0.1, 0.15) is 103 Å². The first-order valence-corrected chi connectivity index (χ1v) is 18.4. The maximum absolute atomic E-state index is 11.1. The molecule has 0 aliphatic heterocycles. The molecule has 7 N–H and O–H groups in total. The average Bonchev–Trinajstić information content (AvgIpc) is 2.99. The Balaban J connectivity index is 0.00000552. The molecular weight excluding hydrogens is 624 g/mol. The molecule has 0 amide bonds. The van der Waals surface area contributed by atoms with Crippen molar-refractivity contribution in [3.05, 3.63) is 58.8 Å². The predicted molar refractivity (Wildman–Crippen MR) is 187 cm³/mol. The highest BCUT2D eigenvalue weighted by Crippen LogP contribution is 2.44. The lowest BCUT2D eigenvalue weighted by Crippen LogP contribution is -2.45. The molecule has 0 bridgehead atoms. The number of aliphatic hydroxyl groups is 1. The molecule has 2 aliphatic rings. The van der Waals surface area contributed by atoms with Gasteiger partial charge in [0.25, 0.3) is 10.1 Å². The number of nitrogens with zero attached hydrogens (tertiary/aromatic N) is 2. The van der Waals surface area contributed by atoms with Crippen molar-refractivity contribution in [1.82, 2.24) is 4.90 Å². The average molecular weight is 681 g/mol. The molecule has 2 unspecified atom stereocenters. The number of hydrogen-bond donors (Lipinski definition) is 3. The van der Waals surface area contributed by atoms with E-state index in [2.05, 4.69) is 18.7 Å². The maximum atomic E-state index is 11.1. The lowest BCUT2D eigenvalue weighted by molar-refractivity contribution is 0.178. The number of aromatic hydroxyl groups is 1. The summed E-state index contributed by atoms with van der Waals surface area (Å²) in [5, 5.41) is 22.2. The van der Waals surface area contributed by atoms with Crippen molar-refractivity contribution in [3.8, 4) is 5.75 Å². The van der Waals surface area contributed by atoms with Gasteiger partial charge in [-0.3, -0.25) is 14.1 Å². The number of unbranched alkanes of at least 4 members (excludes halogenated alkanes) is 8. The summed E-state index contributed by atoms with van der Waals surface area (Å²) in [5.74, 6) is -1.37. The number of likely N-dealkylation sites (N-methyl/N-ethyl adjacent to an activating group) is 1. The third-order valence-corrected chi connectivity index (χ3v) is 9.61. The van der Waals surface area contributed by atoms with Crippen LogP contribution >= 0.6 is 0 Å². The summed E-state index contributed by atoms with van der Waals surface area (Å²) in [6.45, 7) is 9.06. The fraction of sp³-hybridized carbons (Fsp3) is 0.600. The van der Waals surface area contributed by atoms with Gasteiger partial charge in [-0.2, -0.15) is 8.42 Å². The Morgan fingerprint density at radius 3 is 1.87 bits per heavy atom. The molecule has 2 aliphatic carbocycles. The lowest BCUT2D eigenvalue weighted by Gasteiger charge is -2.32. The van der Waals surface area contributed by atoms with E-state index in [0.717, 1.165) is 31.6 Å². The van der Waals surface area contributed by atoms with Crippen molar-refractivity contribution < 1.29 is 43.7 Å². The second-order valence-electron chi connectivity index (χ2n) is 12.2. The zero-order valence-corrected chi connectivity index (χ0v) is 29.0. The molecule has 0 radical (unpaired) electrons. The standard InChI is InChI=1S/C35H52N2O7S.2H2O/c1-4-7-9-11-13-20-37(21-14-12-10-8-5-2)27-17-19-29(31(39)25-27)33-34(40)32(35(33)41)28-18-16-26(24-30(28)38)36(6-3)22-15-23-45(42,43)44;;/h16-19,24-25,33-34,39-40H,4-15,20-23H2,1-3H3,(H,42,43,44);2*1H2. The Kier molecular flexibility index (Phi) is 18.2. The van der Waals surface area contributed by atoms with E-state index in [-0.39, 0.29) is 46.0 Å². The van der Waals surface area contributed by atoms with Crippen LogP contribution in [-0.2, 0) is 10.1 Å². The van der Waals surface area contributed by atoms with Crippen LogP contribution < -0.4 is 4.90 Å². The normalized spacial score (nSPS) is 19.0. The van der Waals surface area contributed by atoms with E-state index < -0.39 is 22.1 Å². The molecule has 0 heterocycles. The Labute approximate surface area is 280 Å². The summed E-state index contributed by atoms with van der Waals surface area (Å²) in [4.78, 5) is 26.1. The zero-order chi connectivity index (χ0) is 33.0. The second kappa shape index (κ2) is 20.4. The maximum Gasteiger partial charge on any atom is 0.349 e. The molecule has 11 nitrogen and oxygen atoms in total. The molecule has 1 aromatic carbocycles. The van der Waals surface area contributed by atoms with Gasteiger partial charge in [-0.15, -0.1) is 0 Å². The van der Waals surface area contributed by atoms with Crippen LogP contribution in [0.15, 0.2) is 53.3 Å². The SMILES string of the molecule is CCCCCCCN(CCCCCCC)c1ccc(C2C(=[OH+])C(=C3C=CC(N(CC)CCCS(=O)(=O)O)=CC3=[OH+])C2O)c(O)c1.[OH-].[OH-]. The highest BCUT2D eigenvalue weighted by atomic mass is 32.2. The number of ketones is 2. The molecular formula is C35H56N2O9S. The van der Waals surface area contributed by atoms with E-state index >= 15 is 0 Å². The number of hydrogen-bond acceptors (Lipinski definition) is 8. The third-order valence-electron chi connectivity index (χ3n) is 8.81. The van der Waals surface area contributed by atoms with E-state index in [1.807, 2.05) is 17.9 Å². The van der Waals surface area contributed by atoms with Gasteiger partial charge < -0.3 is 31.0 Å². The fourth-order valence-corrected chi connectivity index (χ4v) is 6.67. The van der Waals surface area contributed by atoms with Crippen molar-refractivity contribution in [2.75, 3.05) is 36.8 Å². The minimum atomic E-state index is -4.05. The Morgan fingerprint density at radius 1 is 0.809 bits per heavy atom. The van der Waals surface area contributed by atoms with Gasteiger partial charge in [-0.05, 0) is 44.4 Å². The number of rotatable bonds is 20. The monoisotopic (exact) mass is 680 g/mol. The summed E-state index contributed by atoms with van der Waals surface area (Å²) in [7, 11) is -4.05. The second-order valence-corrected chi connectivity index (χ2v) is 13.8. The number of carbonyl (C=O) groups excluding carboxylic acids is 2. The van der Waals surface area contributed by atoms with E-state index in [4.69, 9.17) is 4.55 Å². The molecule has 0 aromatic heterocycles. The Hall–Kier alpha value is -3.03.